The summed E-state index contributed by atoms with van der Waals surface area (Å²) in [6.45, 7) is 22.3. The molecule has 8 rings (SSSR count). The third kappa shape index (κ3) is 6.52. The zero-order valence-electron chi connectivity index (χ0n) is 31.2. The van der Waals surface area contributed by atoms with E-state index in [4.69, 9.17) is 4.42 Å². The van der Waals surface area contributed by atoms with Crippen LogP contribution >= 0.6 is 0 Å². The summed E-state index contributed by atoms with van der Waals surface area (Å²) < 4.78 is 7.17. The first-order valence-corrected chi connectivity index (χ1v) is 19.3. The Morgan fingerprint density at radius 2 is 1.52 bits per heavy atom. The van der Waals surface area contributed by atoms with Crippen LogP contribution in [0.4, 0.5) is 0 Å². The van der Waals surface area contributed by atoms with Crippen molar-refractivity contribution in [3.8, 4) is 11.1 Å². The summed E-state index contributed by atoms with van der Waals surface area (Å²) in [5.74, 6) is 4.93. The Morgan fingerprint density at radius 1 is 0.840 bits per heavy atom. The summed E-state index contributed by atoms with van der Waals surface area (Å²) in [5.41, 5.74) is 15.0. The maximum atomic E-state index is 4.99. The van der Waals surface area contributed by atoms with Gasteiger partial charge in [0.25, 0.3) is 0 Å². The molecule has 0 aliphatic heterocycles. The molecular formula is C46H52Cl2OZr-2. The van der Waals surface area contributed by atoms with Gasteiger partial charge in [0.1, 0.15) is 0 Å². The molecule has 0 radical (unpaired) electrons. The summed E-state index contributed by atoms with van der Waals surface area (Å²) in [6, 6.07) is 27.8. The molecule has 1 heterocycles. The number of hydrogen-bond acceptors (Lipinski definition) is 1. The molecule has 4 aliphatic carbocycles. The van der Waals surface area contributed by atoms with Crippen LogP contribution in [0, 0.1) is 53.3 Å². The molecule has 1 fully saturated rings. The Labute approximate surface area is 329 Å². The van der Waals surface area contributed by atoms with Crippen molar-refractivity contribution in [2.75, 3.05) is 0 Å². The van der Waals surface area contributed by atoms with Gasteiger partial charge in [-0.3, -0.25) is 0 Å². The molecule has 4 aromatic rings. The van der Waals surface area contributed by atoms with Crippen molar-refractivity contribution in [3.63, 3.8) is 0 Å². The molecule has 0 saturated heterocycles. The molecule has 1 saturated carbocycles. The molecule has 4 aliphatic rings. The van der Waals surface area contributed by atoms with Crippen LogP contribution in [0.15, 0.2) is 125 Å². The second kappa shape index (κ2) is 16.0. The molecule has 0 amide bonds. The molecular weight excluding hydrogens is 731 g/mol. The summed E-state index contributed by atoms with van der Waals surface area (Å²) in [6.07, 6.45) is 9.58. The number of halogens is 2. The van der Waals surface area contributed by atoms with Crippen molar-refractivity contribution in [2.24, 2.45) is 40.4 Å². The Hall–Kier alpha value is -2.51. The number of aryl methyl sites for hydroxylation is 1. The zero-order chi connectivity index (χ0) is 34.4. The monoisotopic (exact) mass is 780 g/mol. The third-order valence-corrected chi connectivity index (χ3v) is 14.2. The van der Waals surface area contributed by atoms with Crippen LogP contribution in [-0.2, 0) is 30.7 Å². The SMILES string of the molecule is C[C-]1C2=C3Cc4ccccc4C3=C3C=CC(C)C(C)C3(C)C2(C)C(C)C(C)C1C.Cc1ccc[c-]1-c1ccoc1.[Cl-].[Cl-].[Zr+2]=[CH]c1ccccc1. The Morgan fingerprint density at radius 3 is 2.12 bits per heavy atom. The molecule has 7 unspecified atom stereocenters. The van der Waals surface area contributed by atoms with E-state index >= 15 is 0 Å². The standard InChI is InChI=1S/C29H37.C10H9O.C7H6.2ClH.Zr/c1-16-13-14-25-26-23-12-10-9-11-22(23)15-24(26)27-19(4)17(2)18(3)21(6)29(27,8)28(25,7)20(16)5;1-8-3-2-4-10(8)9-5-6-11-7-9;1-7-5-3-2-4-6-7;;;/h9-14,16-18,20-21H,15H2,1-8H3;2-7H,1H3;1-6H;2*1H;/q2*-1;;;;+2/p-2. The van der Waals surface area contributed by atoms with E-state index in [0.717, 1.165) is 12.0 Å². The van der Waals surface area contributed by atoms with Crippen LogP contribution in [-0.4, -0.2) is 3.71 Å². The van der Waals surface area contributed by atoms with Crippen molar-refractivity contribution < 1.29 is 53.5 Å². The van der Waals surface area contributed by atoms with Gasteiger partial charge in [-0.15, -0.1) is 24.6 Å². The topological polar surface area (TPSA) is 13.1 Å². The minimum atomic E-state index is 0. The maximum absolute atomic E-state index is 4.99. The minimum absolute atomic E-state index is 0. The normalized spacial score (nSPS) is 28.7. The molecule has 4 heteroatoms. The average molecular weight is 783 g/mol. The van der Waals surface area contributed by atoms with Crippen LogP contribution in [0.2, 0.25) is 0 Å². The van der Waals surface area contributed by atoms with E-state index < -0.39 is 0 Å². The number of rotatable bonds is 2. The van der Waals surface area contributed by atoms with Crippen LogP contribution in [0.1, 0.15) is 77.6 Å². The van der Waals surface area contributed by atoms with Crippen molar-refractivity contribution in [1.29, 1.82) is 0 Å². The van der Waals surface area contributed by atoms with Gasteiger partial charge in [0, 0.05) is 17.9 Å². The number of fused-ring (bicyclic) bond motifs is 6. The fourth-order valence-corrected chi connectivity index (χ4v) is 10.1. The van der Waals surface area contributed by atoms with Gasteiger partial charge in [0.2, 0.25) is 0 Å². The van der Waals surface area contributed by atoms with Gasteiger partial charge in [0.05, 0.1) is 0 Å². The van der Waals surface area contributed by atoms with Gasteiger partial charge in [-0.1, -0.05) is 138 Å². The van der Waals surface area contributed by atoms with Gasteiger partial charge >= 0.3 is 63.8 Å². The number of furan rings is 1. The summed E-state index contributed by atoms with van der Waals surface area (Å²) >= 11 is 1.46. The van der Waals surface area contributed by atoms with Crippen molar-refractivity contribution >= 4 is 9.28 Å². The molecule has 0 bridgehead atoms. The van der Waals surface area contributed by atoms with Crippen LogP contribution in [0.25, 0.3) is 16.7 Å². The predicted molar refractivity (Wildman–Crippen MR) is 200 cm³/mol. The summed E-state index contributed by atoms with van der Waals surface area (Å²) in [7, 11) is 0. The quantitative estimate of drug-likeness (QED) is 0.226. The molecule has 262 valence electrons. The van der Waals surface area contributed by atoms with Crippen molar-refractivity contribution in [1.82, 2.24) is 0 Å². The van der Waals surface area contributed by atoms with E-state index in [-0.39, 0.29) is 35.6 Å². The zero-order valence-corrected chi connectivity index (χ0v) is 35.1. The molecule has 1 aromatic heterocycles. The first-order valence-electron chi connectivity index (χ1n) is 17.9. The number of allylic oxidation sites excluding steroid dienone is 6. The Balaban J connectivity index is 0.000000219. The van der Waals surface area contributed by atoms with E-state index in [0.29, 0.717) is 29.6 Å². The van der Waals surface area contributed by atoms with Crippen LogP contribution < -0.4 is 24.8 Å². The van der Waals surface area contributed by atoms with Gasteiger partial charge < -0.3 is 29.2 Å². The van der Waals surface area contributed by atoms with E-state index in [9.17, 15) is 0 Å². The second-order valence-corrected chi connectivity index (χ2v) is 15.9. The van der Waals surface area contributed by atoms with Gasteiger partial charge in [-0.05, 0) is 34.7 Å². The van der Waals surface area contributed by atoms with Crippen molar-refractivity contribution in [2.45, 2.75) is 68.7 Å². The fourth-order valence-electron chi connectivity index (χ4n) is 9.64. The van der Waals surface area contributed by atoms with E-state index in [1.807, 2.05) is 12.1 Å². The Bertz CT molecular complexity index is 1860. The van der Waals surface area contributed by atoms with Crippen LogP contribution in [0.5, 0.6) is 0 Å². The van der Waals surface area contributed by atoms with Crippen LogP contribution in [0.3, 0.4) is 0 Å². The van der Waals surface area contributed by atoms with Gasteiger partial charge in [-0.2, -0.15) is 17.2 Å². The Kier molecular flexibility index (Phi) is 12.9. The molecule has 0 N–H and O–H groups in total. The van der Waals surface area contributed by atoms with Gasteiger partial charge in [0.15, 0.2) is 0 Å². The molecule has 7 atom stereocenters. The van der Waals surface area contributed by atoms with E-state index in [2.05, 4.69) is 145 Å². The van der Waals surface area contributed by atoms with Crippen molar-refractivity contribution in [3.05, 3.63) is 148 Å². The summed E-state index contributed by atoms with van der Waals surface area (Å²) in [5, 5.41) is 0. The van der Waals surface area contributed by atoms with E-state index in [1.54, 1.807) is 40.7 Å². The number of benzene rings is 2. The van der Waals surface area contributed by atoms with E-state index in [1.165, 1.54) is 52.1 Å². The average Bonchev–Trinajstić information content (AvgIpc) is 3.87. The second-order valence-electron chi connectivity index (χ2n) is 15.2. The third-order valence-electron chi connectivity index (χ3n) is 13.3. The first-order chi connectivity index (χ1) is 23.0. The molecule has 50 heavy (non-hydrogen) atoms. The molecule has 1 nitrogen and oxygen atoms in total. The van der Waals surface area contributed by atoms with Gasteiger partial charge in [-0.25, -0.2) is 5.92 Å². The molecule has 3 aromatic carbocycles. The molecule has 0 spiro atoms. The predicted octanol–water partition coefficient (Wildman–Crippen LogP) is 6.04. The first kappa shape index (κ1) is 40.3. The summed E-state index contributed by atoms with van der Waals surface area (Å²) in [4.78, 5) is 0. The fraction of sp³-hybridized carbons (Fsp3) is 0.370. The number of hydrogen-bond donors (Lipinski definition) is 0.